The van der Waals surface area contributed by atoms with Gasteiger partial charge >= 0.3 is 5.97 Å². The third-order valence-corrected chi connectivity index (χ3v) is 2.85. The molecule has 2 rings (SSSR count). The van der Waals surface area contributed by atoms with Gasteiger partial charge in [0.25, 0.3) is 5.95 Å². The summed E-state index contributed by atoms with van der Waals surface area (Å²) in [7, 11) is 0. The molecule has 0 aliphatic carbocycles. The minimum Gasteiger partial charge on any atom is -0.477 e. The molecule has 18 heavy (non-hydrogen) atoms. The second-order valence-electron chi connectivity index (χ2n) is 3.96. The molecule has 0 bridgehead atoms. The highest BCUT2D eigenvalue weighted by Gasteiger charge is 2.14. The average molecular weight is 246 g/mol. The van der Waals surface area contributed by atoms with Gasteiger partial charge in [0, 0.05) is 11.9 Å². The molecule has 1 N–H and O–H groups in total. The molecule has 6 heteroatoms. The van der Waals surface area contributed by atoms with Crippen LogP contribution in [0.25, 0.3) is 5.95 Å². The SMILES string of the molecule is CCc1c(C)nn(-c2nccc(C(=O)O)n2)c1C. The highest BCUT2D eigenvalue weighted by atomic mass is 16.4. The maximum Gasteiger partial charge on any atom is 0.354 e. The van der Waals surface area contributed by atoms with Gasteiger partial charge < -0.3 is 5.11 Å². The van der Waals surface area contributed by atoms with E-state index in [0.717, 1.165) is 23.4 Å². The van der Waals surface area contributed by atoms with Crippen molar-refractivity contribution in [2.24, 2.45) is 0 Å². The van der Waals surface area contributed by atoms with E-state index in [9.17, 15) is 4.79 Å². The topological polar surface area (TPSA) is 80.9 Å². The molecule has 0 aliphatic rings. The van der Waals surface area contributed by atoms with Crippen LogP contribution in [0.15, 0.2) is 12.3 Å². The second-order valence-corrected chi connectivity index (χ2v) is 3.96. The molecule has 6 nitrogen and oxygen atoms in total. The van der Waals surface area contributed by atoms with E-state index >= 15 is 0 Å². The molecule has 0 atom stereocenters. The molecule has 0 radical (unpaired) electrons. The van der Waals surface area contributed by atoms with Gasteiger partial charge in [-0.25, -0.2) is 19.4 Å². The van der Waals surface area contributed by atoms with E-state index in [2.05, 4.69) is 22.0 Å². The van der Waals surface area contributed by atoms with Gasteiger partial charge in [-0.3, -0.25) is 0 Å². The van der Waals surface area contributed by atoms with Crippen molar-refractivity contribution < 1.29 is 9.90 Å². The fraction of sp³-hybridized carbons (Fsp3) is 0.333. The Hall–Kier alpha value is -2.24. The lowest BCUT2D eigenvalue weighted by molar-refractivity contribution is 0.0690. The Kier molecular flexibility index (Phi) is 3.10. The summed E-state index contributed by atoms with van der Waals surface area (Å²) in [6.45, 7) is 5.90. The molecular weight excluding hydrogens is 232 g/mol. The van der Waals surface area contributed by atoms with E-state index < -0.39 is 5.97 Å². The molecule has 0 saturated carbocycles. The first-order valence-electron chi connectivity index (χ1n) is 5.66. The lowest BCUT2D eigenvalue weighted by Gasteiger charge is -2.03. The van der Waals surface area contributed by atoms with E-state index in [1.165, 1.54) is 12.3 Å². The number of nitrogens with zero attached hydrogens (tertiary/aromatic N) is 4. The molecule has 0 aromatic carbocycles. The van der Waals surface area contributed by atoms with E-state index in [0.29, 0.717) is 0 Å². The number of carbonyl (C=O) groups is 1. The van der Waals surface area contributed by atoms with Crippen molar-refractivity contribution in [3.8, 4) is 5.95 Å². The smallest absolute Gasteiger partial charge is 0.354 e. The number of aryl methyl sites for hydroxylation is 1. The van der Waals surface area contributed by atoms with Crippen molar-refractivity contribution in [1.82, 2.24) is 19.7 Å². The largest absolute Gasteiger partial charge is 0.477 e. The first-order valence-corrected chi connectivity index (χ1v) is 5.66. The minimum absolute atomic E-state index is 0.0365. The van der Waals surface area contributed by atoms with Crippen LogP contribution in [0.1, 0.15) is 34.4 Å². The van der Waals surface area contributed by atoms with Crippen LogP contribution in [0.4, 0.5) is 0 Å². The number of aromatic nitrogens is 4. The highest BCUT2D eigenvalue weighted by Crippen LogP contribution is 2.16. The quantitative estimate of drug-likeness (QED) is 0.888. The Balaban J connectivity index is 2.55. The standard InChI is InChI=1S/C12H14N4O2/c1-4-9-7(2)15-16(8(9)3)12-13-6-5-10(14-12)11(17)18/h5-6H,4H2,1-3H3,(H,17,18). The lowest BCUT2D eigenvalue weighted by atomic mass is 10.1. The molecule has 2 aromatic rings. The van der Waals surface area contributed by atoms with Crippen LogP contribution < -0.4 is 0 Å². The highest BCUT2D eigenvalue weighted by molar-refractivity contribution is 5.85. The maximum atomic E-state index is 10.9. The number of rotatable bonds is 3. The van der Waals surface area contributed by atoms with Crippen LogP contribution in [-0.4, -0.2) is 30.8 Å². The zero-order valence-electron chi connectivity index (χ0n) is 10.5. The Morgan fingerprint density at radius 2 is 2.17 bits per heavy atom. The van der Waals surface area contributed by atoms with Gasteiger partial charge in [-0.2, -0.15) is 5.10 Å². The molecule has 0 fully saturated rings. The Labute approximate surface area is 104 Å². The third-order valence-electron chi connectivity index (χ3n) is 2.85. The first-order chi connectivity index (χ1) is 8.54. The number of hydrogen-bond donors (Lipinski definition) is 1. The summed E-state index contributed by atoms with van der Waals surface area (Å²) >= 11 is 0. The number of hydrogen-bond acceptors (Lipinski definition) is 4. The van der Waals surface area contributed by atoms with Crippen molar-refractivity contribution in [2.45, 2.75) is 27.2 Å². The van der Waals surface area contributed by atoms with Crippen molar-refractivity contribution in [2.75, 3.05) is 0 Å². The Morgan fingerprint density at radius 3 is 2.72 bits per heavy atom. The van der Waals surface area contributed by atoms with Crippen LogP contribution in [0.3, 0.4) is 0 Å². The van der Waals surface area contributed by atoms with Crippen LogP contribution >= 0.6 is 0 Å². The van der Waals surface area contributed by atoms with Crippen molar-refractivity contribution in [1.29, 1.82) is 0 Å². The van der Waals surface area contributed by atoms with Crippen LogP contribution in [0.2, 0.25) is 0 Å². The van der Waals surface area contributed by atoms with Gasteiger partial charge in [-0.05, 0) is 31.9 Å². The molecular formula is C12H14N4O2. The second kappa shape index (κ2) is 4.56. The van der Waals surface area contributed by atoms with Crippen LogP contribution in [-0.2, 0) is 6.42 Å². The predicted octanol–water partition coefficient (Wildman–Crippen LogP) is 1.54. The van der Waals surface area contributed by atoms with Crippen molar-refractivity contribution in [3.63, 3.8) is 0 Å². The number of carboxylic acid groups (broad SMARTS) is 1. The molecule has 0 saturated heterocycles. The maximum absolute atomic E-state index is 10.9. The Bertz CT molecular complexity index is 604. The lowest BCUT2D eigenvalue weighted by Crippen LogP contribution is -2.09. The molecule has 0 amide bonds. The fourth-order valence-corrected chi connectivity index (χ4v) is 1.95. The molecule has 0 unspecified atom stereocenters. The summed E-state index contributed by atoms with van der Waals surface area (Å²) < 4.78 is 1.58. The molecule has 0 aliphatic heterocycles. The summed E-state index contributed by atoms with van der Waals surface area (Å²) in [5, 5.41) is 13.3. The van der Waals surface area contributed by atoms with Gasteiger partial charge in [-0.15, -0.1) is 0 Å². The molecule has 2 aromatic heterocycles. The number of carboxylic acids is 1. The van der Waals surface area contributed by atoms with E-state index in [-0.39, 0.29) is 11.6 Å². The minimum atomic E-state index is -1.07. The van der Waals surface area contributed by atoms with Crippen LogP contribution in [0, 0.1) is 13.8 Å². The summed E-state index contributed by atoms with van der Waals surface area (Å²) in [6, 6.07) is 1.36. The van der Waals surface area contributed by atoms with Gasteiger partial charge in [-0.1, -0.05) is 6.92 Å². The van der Waals surface area contributed by atoms with E-state index in [1.54, 1.807) is 4.68 Å². The molecule has 94 valence electrons. The van der Waals surface area contributed by atoms with Gasteiger partial charge in [0.15, 0.2) is 5.69 Å². The summed E-state index contributed by atoms with van der Waals surface area (Å²) in [4.78, 5) is 18.9. The van der Waals surface area contributed by atoms with Crippen molar-refractivity contribution in [3.05, 3.63) is 34.9 Å². The number of aromatic carboxylic acids is 1. The predicted molar refractivity (Wildman–Crippen MR) is 65.0 cm³/mol. The average Bonchev–Trinajstić information content (AvgIpc) is 2.64. The van der Waals surface area contributed by atoms with E-state index in [1.807, 2.05) is 13.8 Å². The van der Waals surface area contributed by atoms with Gasteiger partial charge in [0.2, 0.25) is 0 Å². The normalized spacial score (nSPS) is 10.6. The van der Waals surface area contributed by atoms with Crippen LogP contribution in [0.5, 0.6) is 0 Å². The summed E-state index contributed by atoms with van der Waals surface area (Å²) in [6.07, 6.45) is 2.30. The monoisotopic (exact) mass is 246 g/mol. The molecule has 2 heterocycles. The van der Waals surface area contributed by atoms with E-state index in [4.69, 9.17) is 5.11 Å². The third kappa shape index (κ3) is 1.97. The molecule has 0 spiro atoms. The van der Waals surface area contributed by atoms with Crippen molar-refractivity contribution >= 4 is 5.97 Å². The summed E-state index contributed by atoms with van der Waals surface area (Å²) in [5.74, 6) is -0.786. The fourth-order valence-electron chi connectivity index (χ4n) is 1.95. The van der Waals surface area contributed by atoms with Gasteiger partial charge in [0.1, 0.15) is 0 Å². The zero-order chi connectivity index (χ0) is 13.3. The Morgan fingerprint density at radius 1 is 1.44 bits per heavy atom. The summed E-state index contributed by atoms with van der Waals surface area (Å²) in [5.41, 5.74) is 2.96. The van der Waals surface area contributed by atoms with Gasteiger partial charge in [0.05, 0.1) is 5.69 Å². The first kappa shape index (κ1) is 12.2. The zero-order valence-corrected chi connectivity index (χ0v) is 10.5.